The molecule has 1 aliphatic rings. The number of benzene rings is 2. The van der Waals surface area contributed by atoms with E-state index in [1.165, 1.54) is 30.8 Å². The predicted octanol–water partition coefficient (Wildman–Crippen LogP) is 3.70. The third kappa shape index (κ3) is 3.99. The van der Waals surface area contributed by atoms with Crippen molar-refractivity contribution in [3.8, 4) is 0 Å². The van der Waals surface area contributed by atoms with Gasteiger partial charge in [0.25, 0.3) is 0 Å². The first-order valence-corrected chi connectivity index (χ1v) is 8.71. The Kier molecular flexibility index (Phi) is 5.03. The van der Waals surface area contributed by atoms with Crippen molar-refractivity contribution in [3.05, 3.63) is 65.2 Å². The molecule has 0 aromatic heterocycles. The summed E-state index contributed by atoms with van der Waals surface area (Å²) in [5.74, 6) is -1.25. The third-order valence-electron chi connectivity index (χ3n) is 3.84. The van der Waals surface area contributed by atoms with Gasteiger partial charge in [-0.15, -0.1) is 11.8 Å². The molecule has 0 spiro atoms. The first-order valence-electron chi connectivity index (χ1n) is 7.66. The van der Waals surface area contributed by atoms with E-state index in [4.69, 9.17) is 0 Å². The van der Waals surface area contributed by atoms with Gasteiger partial charge in [0, 0.05) is 30.8 Å². The minimum atomic E-state index is -0.663. The zero-order valence-corrected chi connectivity index (χ0v) is 14.3. The standard InChI is InChI=1S/C18H16F2N2O2S/c1-11(23)21-15-6-3-12(4-7-15)18-22(17(24)10-25-18)9-13-2-5-14(19)8-16(13)20/h2-8,18H,9-10H2,1H3,(H,21,23). The summed E-state index contributed by atoms with van der Waals surface area (Å²) >= 11 is 1.45. The minimum absolute atomic E-state index is 0.0794. The number of anilines is 1. The van der Waals surface area contributed by atoms with Crippen LogP contribution in [0.2, 0.25) is 0 Å². The molecule has 1 aliphatic heterocycles. The van der Waals surface area contributed by atoms with Gasteiger partial charge in [-0.2, -0.15) is 0 Å². The molecule has 1 atom stereocenters. The van der Waals surface area contributed by atoms with Crippen molar-refractivity contribution in [1.29, 1.82) is 0 Å². The Balaban J connectivity index is 1.80. The van der Waals surface area contributed by atoms with E-state index in [0.29, 0.717) is 11.4 Å². The van der Waals surface area contributed by atoms with Crippen molar-refractivity contribution in [2.45, 2.75) is 18.8 Å². The van der Waals surface area contributed by atoms with Crippen molar-refractivity contribution in [2.24, 2.45) is 0 Å². The lowest BCUT2D eigenvalue weighted by Crippen LogP contribution is -2.28. The van der Waals surface area contributed by atoms with Crippen LogP contribution in [0.15, 0.2) is 42.5 Å². The molecule has 2 amide bonds. The molecule has 1 fully saturated rings. The second-order valence-electron chi connectivity index (χ2n) is 5.72. The van der Waals surface area contributed by atoms with Crippen LogP contribution in [0.25, 0.3) is 0 Å². The number of hydrogen-bond donors (Lipinski definition) is 1. The number of halogens is 2. The van der Waals surface area contributed by atoms with Gasteiger partial charge in [-0.1, -0.05) is 18.2 Å². The molecular weight excluding hydrogens is 346 g/mol. The Morgan fingerprint density at radius 2 is 1.96 bits per heavy atom. The van der Waals surface area contributed by atoms with Gasteiger partial charge in [0.05, 0.1) is 5.75 Å². The summed E-state index contributed by atoms with van der Waals surface area (Å²) in [6, 6.07) is 10.5. The second-order valence-corrected chi connectivity index (χ2v) is 6.79. The van der Waals surface area contributed by atoms with Crippen LogP contribution in [-0.2, 0) is 16.1 Å². The number of nitrogens with one attached hydrogen (secondary N) is 1. The van der Waals surface area contributed by atoms with Crippen molar-refractivity contribution < 1.29 is 18.4 Å². The Bertz CT molecular complexity index is 811. The highest BCUT2D eigenvalue weighted by atomic mass is 32.2. The number of carbonyl (C=O) groups excluding carboxylic acids is 2. The zero-order valence-electron chi connectivity index (χ0n) is 13.5. The van der Waals surface area contributed by atoms with E-state index >= 15 is 0 Å². The summed E-state index contributed by atoms with van der Waals surface area (Å²) in [7, 11) is 0. The van der Waals surface area contributed by atoms with Crippen molar-refractivity contribution in [2.75, 3.05) is 11.1 Å². The molecule has 0 radical (unpaired) electrons. The van der Waals surface area contributed by atoms with Crippen LogP contribution >= 0.6 is 11.8 Å². The average molecular weight is 362 g/mol. The summed E-state index contributed by atoms with van der Waals surface area (Å²) in [6.45, 7) is 1.51. The number of thioether (sulfide) groups is 1. The van der Waals surface area contributed by atoms with Gasteiger partial charge in [-0.25, -0.2) is 8.78 Å². The maximum Gasteiger partial charge on any atom is 0.234 e. The van der Waals surface area contributed by atoms with Crippen molar-refractivity contribution in [3.63, 3.8) is 0 Å². The van der Waals surface area contributed by atoms with E-state index in [1.54, 1.807) is 17.0 Å². The fourth-order valence-electron chi connectivity index (χ4n) is 2.67. The molecule has 1 N–H and O–H groups in total. The zero-order chi connectivity index (χ0) is 18.0. The molecular formula is C18H16F2N2O2S. The number of amides is 2. The highest BCUT2D eigenvalue weighted by Crippen LogP contribution is 2.40. The van der Waals surface area contributed by atoms with Crippen LogP contribution in [0.4, 0.5) is 14.5 Å². The molecule has 0 aliphatic carbocycles. The number of rotatable bonds is 4. The van der Waals surface area contributed by atoms with Crippen molar-refractivity contribution in [1.82, 2.24) is 4.90 Å². The SMILES string of the molecule is CC(=O)Nc1ccc(C2SCC(=O)N2Cc2ccc(F)cc2F)cc1. The maximum absolute atomic E-state index is 13.9. The van der Waals surface area contributed by atoms with Gasteiger partial charge in [0.2, 0.25) is 11.8 Å². The first-order chi connectivity index (χ1) is 11.9. The van der Waals surface area contributed by atoms with E-state index in [1.807, 2.05) is 12.1 Å². The summed E-state index contributed by atoms with van der Waals surface area (Å²) < 4.78 is 27.0. The van der Waals surface area contributed by atoms with E-state index in [2.05, 4.69) is 5.32 Å². The largest absolute Gasteiger partial charge is 0.326 e. The first kappa shape index (κ1) is 17.4. The summed E-state index contributed by atoms with van der Waals surface area (Å²) in [5, 5.41) is 2.44. The predicted molar refractivity (Wildman–Crippen MR) is 92.9 cm³/mol. The van der Waals surface area contributed by atoms with E-state index in [0.717, 1.165) is 11.6 Å². The monoisotopic (exact) mass is 362 g/mol. The Morgan fingerprint density at radius 3 is 2.60 bits per heavy atom. The van der Waals surface area contributed by atoms with Crippen LogP contribution in [-0.4, -0.2) is 22.5 Å². The van der Waals surface area contributed by atoms with Gasteiger partial charge in [-0.05, 0) is 23.8 Å². The molecule has 1 heterocycles. The molecule has 2 aromatic carbocycles. The summed E-state index contributed by atoms with van der Waals surface area (Å²) in [6.07, 6.45) is 0. The quantitative estimate of drug-likeness (QED) is 0.902. The van der Waals surface area contributed by atoms with E-state index in [-0.39, 0.29) is 29.3 Å². The highest BCUT2D eigenvalue weighted by molar-refractivity contribution is 8.00. The lowest BCUT2D eigenvalue weighted by Gasteiger charge is -2.24. The molecule has 0 bridgehead atoms. The smallest absolute Gasteiger partial charge is 0.234 e. The molecule has 3 rings (SSSR count). The fraction of sp³-hybridized carbons (Fsp3) is 0.222. The Labute approximate surface area is 148 Å². The number of nitrogens with zero attached hydrogens (tertiary/aromatic N) is 1. The van der Waals surface area contributed by atoms with E-state index in [9.17, 15) is 18.4 Å². The lowest BCUT2D eigenvalue weighted by atomic mass is 10.1. The highest BCUT2D eigenvalue weighted by Gasteiger charge is 2.33. The van der Waals surface area contributed by atoms with Crippen LogP contribution in [0.3, 0.4) is 0 Å². The molecule has 25 heavy (non-hydrogen) atoms. The van der Waals surface area contributed by atoms with Gasteiger partial charge in [-0.3, -0.25) is 9.59 Å². The lowest BCUT2D eigenvalue weighted by molar-refractivity contribution is -0.128. The van der Waals surface area contributed by atoms with Crippen LogP contribution < -0.4 is 5.32 Å². The van der Waals surface area contributed by atoms with Crippen LogP contribution in [0.5, 0.6) is 0 Å². The van der Waals surface area contributed by atoms with Gasteiger partial charge in [0.1, 0.15) is 17.0 Å². The number of hydrogen-bond acceptors (Lipinski definition) is 3. The second kappa shape index (κ2) is 7.23. The van der Waals surface area contributed by atoms with Gasteiger partial charge >= 0.3 is 0 Å². The Hall–Kier alpha value is -2.41. The molecule has 4 nitrogen and oxygen atoms in total. The summed E-state index contributed by atoms with van der Waals surface area (Å²) in [5.41, 5.74) is 1.83. The van der Waals surface area contributed by atoms with Crippen LogP contribution in [0, 0.1) is 11.6 Å². The normalized spacial score (nSPS) is 17.0. The van der Waals surface area contributed by atoms with Crippen molar-refractivity contribution >= 4 is 29.3 Å². The fourth-order valence-corrected chi connectivity index (χ4v) is 3.86. The van der Waals surface area contributed by atoms with Crippen LogP contribution in [0.1, 0.15) is 23.4 Å². The average Bonchev–Trinajstić information content (AvgIpc) is 2.91. The minimum Gasteiger partial charge on any atom is -0.326 e. The molecule has 0 saturated carbocycles. The van der Waals surface area contributed by atoms with E-state index < -0.39 is 11.6 Å². The summed E-state index contributed by atoms with van der Waals surface area (Å²) in [4.78, 5) is 24.9. The molecule has 1 unspecified atom stereocenters. The maximum atomic E-state index is 13.9. The molecule has 7 heteroatoms. The van der Waals surface area contributed by atoms with Gasteiger partial charge in [0.15, 0.2) is 0 Å². The topological polar surface area (TPSA) is 49.4 Å². The number of carbonyl (C=O) groups is 2. The molecule has 1 saturated heterocycles. The van der Waals surface area contributed by atoms with Gasteiger partial charge < -0.3 is 10.2 Å². The Morgan fingerprint density at radius 1 is 1.24 bits per heavy atom. The molecule has 130 valence electrons. The third-order valence-corrected chi connectivity index (χ3v) is 5.10. The molecule has 2 aromatic rings.